The van der Waals surface area contributed by atoms with Crippen LogP contribution in [0.3, 0.4) is 0 Å². The minimum absolute atomic E-state index is 0.0767. The van der Waals surface area contributed by atoms with E-state index in [9.17, 15) is 19.7 Å². The Hall–Kier alpha value is -3.42. The first kappa shape index (κ1) is 16.9. The van der Waals surface area contributed by atoms with E-state index >= 15 is 0 Å². The summed E-state index contributed by atoms with van der Waals surface area (Å²) in [6, 6.07) is 10.6. The van der Waals surface area contributed by atoms with Gasteiger partial charge in [-0.05, 0) is 36.4 Å². The minimum Gasteiger partial charge on any atom is -0.465 e. The van der Waals surface area contributed by atoms with Crippen LogP contribution in [-0.4, -0.2) is 23.9 Å². The average Bonchev–Trinajstić information content (AvgIpc) is 2.59. The summed E-state index contributed by atoms with van der Waals surface area (Å²) in [6.07, 6.45) is 0. The van der Waals surface area contributed by atoms with Gasteiger partial charge in [0.2, 0.25) is 5.91 Å². The van der Waals surface area contributed by atoms with E-state index in [0.717, 1.165) is 6.07 Å². The molecular formula is C16H15N3O5. The van der Waals surface area contributed by atoms with Crippen molar-refractivity contribution in [2.75, 3.05) is 12.4 Å². The average molecular weight is 329 g/mol. The van der Waals surface area contributed by atoms with Gasteiger partial charge in [-0.2, -0.15) is 0 Å². The lowest BCUT2D eigenvalue weighted by Crippen LogP contribution is -2.12. The maximum atomic E-state index is 11.4. The number of carbonyl (C=O) groups excluding carboxylic acids is 2. The molecule has 0 aromatic heterocycles. The molecule has 0 aliphatic heterocycles. The number of primary amides is 1. The summed E-state index contributed by atoms with van der Waals surface area (Å²) < 4.78 is 4.61. The number of nitrogens with zero attached hydrogens (tertiary/aromatic N) is 1. The van der Waals surface area contributed by atoms with Crippen molar-refractivity contribution in [2.45, 2.75) is 6.54 Å². The van der Waals surface area contributed by atoms with Crippen molar-refractivity contribution in [3.8, 4) is 0 Å². The maximum Gasteiger partial charge on any atom is 0.337 e. The van der Waals surface area contributed by atoms with Crippen LogP contribution in [0.5, 0.6) is 0 Å². The quantitative estimate of drug-likeness (QED) is 0.475. The SMILES string of the molecule is COC(=O)c1ccc(NCc2ccc(C(N)=O)cc2[N+](=O)[O-])cc1. The zero-order valence-corrected chi connectivity index (χ0v) is 12.8. The molecule has 0 fully saturated rings. The molecule has 8 nitrogen and oxygen atoms in total. The highest BCUT2D eigenvalue weighted by atomic mass is 16.6. The molecule has 3 N–H and O–H groups in total. The van der Waals surface area contributed by atoms with Crippen LogP contribution in [0.1, 0.15) is 26.3 Å². The summed E-state index contributed by atoms with van der Waals surface area (Å²) in [6.45, 7) is 0.174. The van der Waals surface area contributed by atoms with Crippen molar-refractivity contribution < 1.29 is 19.2 Å². The number of benzene rings is 2. The van der Waals surface area contributed by atoms with Crippen LogP contribution in [0.4, 0.5) is 11.4 Å². The van der Waals surface area contributed by atoms with E-state index in [-0.39, 0.29) is 17.8 Å². The number of hydrogen-bond donors (Lipinski definition) is 2. The van der Waals surface area contributed by atoms with Crippen LogP contribution in [0.15, 0.2) is 42.5 Å². The first-order valence-electron chi connectivity index (χ1n) is 6.91. The minimum atomic E-state index is -0.726. The van der Waals surface area contributed by atoms with Crippen molar-refractivity contribution in [3.63, 3.8) is 0 Å². The molecule has 0 heterocycles. The number of nitro benzene ring substituents is 1. The third kappa shape index (κ3) is 3.86. The molecule has 2 aromatic rings. The molecule has 0 atom stereocenters. The van der Waals surface area contributed by atoms with E-state index < -0.39 is 16.8 Å². The van der Waals surface area contributed by atoms with Crippen LogP contribution in [0.25, 0.3) is 0 Å². The van der Waals surface area contributed by atoms with Crippen molar-refractivity contribution >= 4 is 23.3 Å². The molecule has 0 spiro atoms. The number of amides is 1. The maximum absolute atomic E-state index is 11.4. The molecular weight excluding hydrogens is 314 g/mol. The van der Waals surface area contributed by atoms with E-state index in [1.807, 2.05) is 0 Å². The van der Waals surface area contributed by atoms with Gasteiger partial charge in [-0.25, -0.2) is 4.79 Å². The highest BCUT2D eigenvalue weighted by Crippen LogP contribution is 2.22. The Kier molecular flexibility index (Phi) is 5.10. The lowest BCUT2D eigenvalue weighted by molar-refractivity contribution is -0.385. The van der Waals surface area contributed by atoms with Crippen LogP contribution >= 0.6 is 0 Å². The normalized spacial score (nSPS) is 10.0. The predicted molar refractivity (Wildman–Crippen MR) is 86.7 cm³/mol. The van der Waals surface area contributed by atoms with E-state index in [0.29, 0.717) is 16.8 Å². The summed E-state index contributed by atoms with van der Waals surface area (Å²) >= 11 is 0. The number of hydrogen-bond acceptors (Lipinski definition) is 6. The lowest BCUT2D eigenvalue weighted by atomic mass is 10.1. The zero-order valence-electron chi connectivity index (χ0n) is 12.8. The van der Waals surface area contributed by atoms with E-state index in [2.05, 4.69) is 10.1 Å². The Morgan fingerprint density at radius 1 is 1.17 bits per heavy atom. The molecule has 0 radical (unpaired) electrons. The molecule has 1 amide bonds. The fraction of sp³-hybridized carbons (Fsp3) is 0.125. The molecule has 0 bridgehead atoms. The summed E-state index contributed by atoms with van der Waals surface area (Å²) in [5.41, 5.74) is 6.50. The van der Waals surface area contributed by atoms with Gasteiger partial charge in [0.25, 0.3) is 5.69 Å². The number of nitrogens with one attached hydrogen (secondary N) is 1. The molecule has 2 rings (SSSR count). The molecule has 0 unspecified atom stereocenters. The van der Waals surface area contributed by atoms with Gasteiger partial charge in [-0.1, -0.05) is 0 Å². The topological polar surface area (TPSA) is 125 Å². The fourth-order valence-electron chi connectivity index (χ4n) is 2.08. The Balaban J connectivity index is 2.15. The number of nitrogens with two attached hydrogens (primary N) is 1. The largest absolute Gasteiger partial charge is 0.465 e. The first-order valence-corrected chi connectivity index (χ1v) is 6.91. The van der Waals surface area contributed by atoms with E-state index in [4.69, 9.17) is 5.73 Å². The third-order valence-electron chi connectivity index (χ3n) is 3.36. The molecule has 0 aliphatic rings. The second-order valence-electron chi connectivity index (χ2n) is 4.89. The number of methoxy groups -OCH3 is 1. The molecule has 0 saturated heterocycles. The van der Waals surface area contributed by atoms with Gasteiger partial charge in [-0.15, -0.1) is 0 Å². The van der Waals surface area contributed by atoms with Gasteiger partial charge >= 0.3 is 5.97 Å². The highest BCUT2D eigenvalue weighted by molar-refractivity contribution is 5.93. The third-order valence-corrected chi connectivity index (χ3v) is 3.36. The zero-order chi connectivity index (χ0) is 17.7. The summed E-state index contributed by atoms with van der Waals surface area (Å²) in [7, 11) is 1.30. The molecule has 0 saturated carbocycles. The van der Waals surface area contributed by atoms with Gasteiger partial charge in [0.15, 0.2) is 0 Å². The highest BCUT2D eigenvalue weighted by Gasteiger charge is 2.16. The molecule has 8 heteroatoms. The number of anilines is 1. The predicted octanol–water partition coefficient (Wildman–Crippen LogP) is 2.09. The van der Waals surface area contributed by atoms with Crippen LogP contribution in [-0.2, 0) is 11.3 Å². The monoisotopic (exact) mass is 329 g/mol. The van der Waals surface area contributed by atoms with Gasteiger partial charge in [0, 0.05) is 29.4 Å². The standard InChI is InChI=1S/C16H15N3O5/c1-24-16(21)10-4-6-13(7-5-10)18-9-12-3-2-11(15(17)20)8-14(12)19(22)23/h2-8,18H,9H2,1H3,(H2,17,20). The summed E-state index contributed by atoms with van der Waals surface area (Å²) in [5, 5.41) is 14.2. The van der Waals surface area contributed by atoms with E-state index in [1.54, 1.807) is 24.3 Å². The lowest BCUT2D eigenvalue weighted by Gasteiger charge is -2.08. The second kappa shape index (κ2) is 7.23. The Morgan fingerprint density at radius 3 is 2.33 bits per heavy atom. The van der Waals surface area contributed by atoms with Crippen molar-refractivity contribution in [3.05, 3.63) is 69.3 Å². The molecule has 0 aliphatic carbocycles. The molecule has 124 valence electrons. The van der Waals surface area contributed by atoms with Gasteiger partial charge < -0.3 is 15.8 Å². The number of nitro groups is 1. The van der Waals surface area contributed by atoms with Gasteiger partial charge in [-0.3, -0.25) is 14.9 Å². The Morgan fingerprint density at radius 2 is 1.79 bits per heavy atom. The van der Waals surface area contributed by atoms with Crippen molar-refractivity contribution in [2.24, 2.45) is 5.73 Å². The smallest absolute Gasteiger partial charge is 0.337 e. The van der Waals surface area contributed by atoms with Crippen LogP contribution in [0.2, 0.25) is 0 Å². The van der Waals surface area contributed by atoms with Crippen LogP contribution < -0.4 is 11.1 Å². The summed E-state index contributed by atoms with van der Waals surface area (Å²) in [4.78, 5) is 33.0. The Bertz CT molecular complexity index is 787. The summed E-state index contributed by atoms with van der Waals surface area (Å²) in [5.74, 6) is -1.17. The van der Waals surface area contributed by atoms with Gasteiger partial charge in [0.1, 0.15) is 0 Å². The number of esters is 1. The van der Waals surface area contributed by atoms with Crippen molar-refractivity contribution in [1.82, 2.24) is 0 Å². The molecule has 2 aromatic carbocycles. The second-order valence-corrected chi connectivity index (χ2v) is 4.89. The first-order chi connectivity index (χ1) is 11.4. The van der Waals surface area contributed by atoms with Crippen LogP contribution in [0, 0.1) is 10.1 Å². The van der Waals surface area contributed by atoms with E-state index in [1.165, 1.54) is 19.2 Å². The van der Waals surface area contributed by atoms with Crippen molar-refractivity contribution in [1.29, 1.82) is 0 Å². The number of carbonyl (C=O) groups is 2. The number of rotatable bonds is 6. The fourth-order valence-corrected chi connectivity index (χ4v) is 2.08. The number of ether oxygens (including phenoxy) is 1. The Labute approximate surface area is 137 Å². The molecule has 24 heavy (non-hydrogen) atoms. The van der Waals surface area contributed by atoms with Gasteiger partial charge in [0.05, 0.1) is 17.6 Å².